The molecule has 0 atom stereocenters. The molecule has 0 aliphatic rings. The Kier molecular flexibility index (Phi) is 4.18. The first-order valence-electron chi connectivity index (χ1n) is 5.16. The molecule has 0 aliphatic carbocycles. The Hall–Kier alpha value is -1.32. The minimum absolute atomic E-state index is 0.206. The van der Waals surface area contributed by atoms with E-state index in [4.69, 9.17) is 16.3 Å². The third-order valence-electron chi connectivity index (χ3n) is 2.21. The molecule has 0 amide bonds. The predicted octanol–water partition coefficient (Wildman–Crippen LogP) is 3.69. The van der Waals surface area contributed by atoms with Gasteiger partial charge in [0, 0.05) is 9.90 Å². The average molecular weight is 267 g/mol. The second-order valence-electron chi connectivity index (χ2n) is 3.54. The van der Waals surface area contributed by atoms with Crippen molar-refractivity contribution in [3.05, 3.63) is 57.2 Å². The number of halogens is 1. The summed E-state index contributed by atoms with van der Waals surface area (Å²) in [6.45, 7) is 0.293. The first kappa shape index (κ1) is 12.1. The summed E-state index contributed by atoms with van der Waals surface area (Å²) < 4.78 is 5.17. The van der Waals surface area contributed by atoms with E-state index in [1.807, 2.05) is 29.6 Å². The number of benzene rings is 1. The lowest BCUT2D eigenvalue weighted by atomic mass is 10.2. The van der Waals surface area contributed by atoms with Gasteiger partial charge in [-0.15, -0.1) is 11.3 Å². The van der Waals surface area contributed by atoms with Crippen LogP contribution in [0, 0.1) is 0 Å². The third kappa shape index (κ3) is 3.88. The predicted molar refractivity (Wildman–Crippen MR) is 69.3 cm³/mol. The van der Waals surface area contributed by atoms with Gasteiger partial charge in [0.2, 0.25) is 0 Å². The average Bonchev–Trinajstić information content (AvgIpc) is 2.81. The third-order valence-corrected chi connectivity index (χ3v) is 3.34. The molecule has 0 unspecified atom stereocenters. The molecule has 0 spiro atoms. The molecule has 1 aromatic heterocycles. The van der Waals surface area contributed by atoms with Gasteiger partial charge in [0.05, 0.1) is 6.42 Å². The van der Waals surface area contributed by atoms with Crippen LogP contribution < -0.4 is 0 Å². The maximum atomic E-state index is 11.5. The van der Waals surface area contributed by atoms with E-state index in [-0.39, 0.29) is 5.97 Å². The largest absolute Gasteiger partial charge is 0.461 e. The van der Waals surface area contributed by atoms with Gasteiger partial charge >= 0.3 is 5.97 Å². The summed E-state index contributed by atoms with van der Waals surface area (Å²) >= 11 is 7.32. The van der Waals surface area contributed by atoms with Crippen LogP contribution in [0.4, 0.5) is 0 Å². The molecule has 0 aliphatic heterocycles. The normalized spacial score (nSPS) is 10.2. The van der Waals surface area contributed by atoms with Crippen LogP contribution in [0.2, 0.25) is 5.02 Å². The van der Waals surface area contributed by atoms with Crippen LogP contribution in [0.3, 0.4) is 0 Å². The molecule has 0 fully saturated rings. The van der Waals surface area contributed by atoms with Crippen molar-refractivity contribution in [1.82, 2.24) is 0 Å². The fraction of sp³-hybridized carbons (Fsp3) is 0.154. The highest BCUT2D eigenvalue weighted by Crippen LogP contribution is 2.12. The number of esters is 1. The van der Waals surface area contributed by atoms with Crippen molar-refractivity contribution in [2.24, 2.45) is 0 Å². The molecular weight excluding hydrogens is 256 g/mol. The highest BCUT2D eigenvalue weighted by atomic mass is 35.5. The molecule has 2 nitrogen and oxygen atoms in total. The lowest BCUT2D eigenvalue weighted by molar-refractivity contribution is -0.144. The van der Waals surface area contributed by atoms with Crippen LogP contribution >= 0.6 is 22.9 Å². The van der Waals surface area contributed by atoms with Crippen molar-refractivity contribution in [2.45, 2.75) is 13.0 Å². The molecule has 17 heavy (non-hydrogen) atoms. The van der Waals surface area contributed by atoms with E-state index >= 15 is 0 Å². The molecule has 2 aromatic rings. The Morgan fingerprint density at radius 2 is 2.00 bits per heavy atom. The lowest BCUT2D eigenvalue weighted by Crippen LogP contribution is -2.06. The van der Waals surface area contributed by atoms with Gasteiger partial charge in [0.1, 0.15) is 6.61 Å². The second kappa shape index (κ2) is 5.84. The van der Waals surface area contributed by atoms with Gasteiger partial charge in [-0.2, -0.15) is 0 Å². The first-order valence-corrected chi connectivity index (χ1v) is 6.42. The summed E-state index contributed by atoms with van der Waals surface area (Å²) in [5.41, 5.74) is 0.939. The molecule has 0 saturated heterocycles. The minimum Gasteiger partial charge on any atom is -0.461 e. The monoisotopic (exact) mass is 266 g/mol. The van der Waals surface area contributed by atoms with E-state index in [2.05, 4.69) is 0 Å². The number of carbonyl (C=O) groups is 1. The van der Waals surface area contributed by atoms with Gasteiger partial charge in [-0.3, -0.25) is 4.79 Å². The Balaban J connectivity index is 1.82. The number of carbonyl (C=O) groups excluding carboxylic acids is 1. The fourth-order valence-corrected chi connectivity index (χ4v) is 2.17. The summed E-state index contributed by atoms with van der Waals surface area (Å²) in [6, 6.07) is 11.1. The van der Waals surface area contributed by atoms with Crippen molar-refractivity contribution >= 4 is 28.9 Å². The molecule has 88 valence electrons. The topological polar surface area (TPSA) is 26.3 Å². The van der Waals surface area contributed by atoms with Crippen molar-refractivity contribution in [3.8, 4) is 0 Å². The summed E-state index contributed by atoms with van der Waals surface area (Å²) in [6.07, 6.45) is 0.339. The molecular formula is C13H11ClO2S. The van der Waals surface area contributed by atoms with Gasteiger partial charge in [0.15, 0.2) is 0 Å². The van der Waals surface area contributed by atoms with Gasteiger partial charge in [-0.1, -0.05) is 29.8 Å². The zero-order valence-electron chi connectivity index (χ0n) is 9.06. The maximum absolute atomic E-state index is 11.5. The zero-order chi connectivity index (χ0) is 12.1. The summed E-state index contributed by atoms with van der Waals surface area (Å²) in [5, 5.41) is 2.63. The Bertz CT molecular complexity index is 477. The zero-order valence-corrected chi connectivity index (χ0v) is 10.6. The first-order chi connectivity index (χ1) is 8.24. The number of hydrogen-bond donors (Lipinski definition) is 0. The van der Waals surface area contributed by atoms with Crippen molar-refractivity contribution in [3.63, 3.8) is 0 Å². The molecule has 0 N–H and O–H groups in total. The number of thiophene rings is 1. The van der Waals surface area contributed by atoms with E-state index in [0.29, 0.717) is 18.1 Å². The van der Waals surface area contributed by atoms with E-state index in [1.165, 1.54) is 0 Å². The van der Waals surface area contributed by atoms with Gasteiger partial charge < -0.3 is 4.74 Å². The lowest BCUT2D eigenvalue weighted by Gasteiger charge is -2.04. The molecule has 1 aromatic carbocycles. The van der Waals surface area contributed by atoms with Crippen LogP contribution in [-0.4, -0.2) is 5.97 Å². The smallest absolute Gasteiger partial charge is 0.311 e. The summed E-state index contributed by atoms with van der Waals surface area (Å²) in [7, 11) is 0. The summed E-state index contributed by atoms with van der Waals surface area (Å²) in [4.78, 5) is 12.5. The highest BCUT2D eigenvalue weighted by Gasteiger charge is 2.05. The van der Waals surface area contributed by atoms with Gasteiger partial charge in [0.25, 0.3) is 0 Å². The molecule has 0 bridgehead atoms. The van der Waals surface area contributed by atoms with E-state index in [1.54, 1.807) is 23.5 Å². The quantitative estimate of drug-likeness (QED) is 0.789. The Labute approximate surface area is 109 Å². The Morgan fingerprint density at radius 3 is 2.65 bits per heavy atom. The van der Waals surface area contributed by atoms with Gasteiger partial charge in [-0.05, 0) is 29.1 Å². The van der Waals surface area contributed by atoms with Crippen LogP contribution in [0.25, 0.3) is 0 Å². The number of rotatable bonds is 4. The minimum atomic E-state index is -0.206. The van der Waals surface area contributed by atoms with Crippen LogP contribution in [0.1, 0.15) is 10.4 Å². The second-order valence-corrected chi connectivity index (χ2v) is 5.01. The van der Waals surface area contributed by atoms with Crippen molar-refractivity contribution < 1.29 is 9.53 Å². The molecule has 0 saturated carbocycles. The molecule has 4 heteroatoms. The van der Waals surface area contributed by atoms with Crippen LogP contribution in [-0.2, 0) is 22.6 Å². The van der Waals surface area contributed by atoms with Crippen molar-refractivity contribution in [1.29, 1.82) is 0 Å². The fourth-order valence-electron chi connectivity index (χ4n) is 1.35. The van der Waals surface area contributed by atoms with Crippen molar-refractivity contribution in [2.75, 3.05) is 0 Å². The van der Waals surface area contributed by atoms with Crippen LogP contribution in [0.15, 0.2) is 41.8 Å². The van der Waals surface area contributed by atoms with Gasteiger partial charge in [-0.25, -0.2) is 0 Å². The maximum Gasteiger partial charge on any atom is 0.311 e. The van der Waals surface area contributed by atoms with E-state index in [0.717, 1.165) is 10.4 Å². The molecule has 1 heterocycles. The molecule has 2 rings (SSSR count). The van der Waals surface area contributed by atoms with E-state index in [9.17, 15) is 4.79 Å². The SMILES string of the molecule is O=C(Cc1cccs1)OCc1ccc(Cl)cc1. The van der Waals surface area contributed by atoms with Crippen LogP contribution in [0.5, 0.6) is 0 Å². The van der Waals surface area contributed by atoms with E-state index < -0.39 is 0 Å². The Morgan fingerprint density at radius 1 is 1.24 bits per heavy atom. The number of ether oxygens (including phenoxy) is 1. The highest BCUT2D eigenvalue weighted by molar-refractivity contribution is 7.10. The number of hydrogen-bond acceptors (Lipinski definition) is 3. The molecule has 0 radical (unpaired) electrons. The standard InChI is InChI=1S/C13H11ClO2S/c14-11-5-3-10(4-6-11)9-16-13(15)8-12-2-1-7-17-12/h1-7H,8-9H2. The summed E-state index contributed by atoms with van der Waals surface area (Å²) in [5.74, 6) is -0.206.